The molecule has 8 heteroatoms. The normalized spacial score (nSPS) is 15.7. The largest absolute Gasteiger partial charge is 0.365 e. The molecule has 0 N–H and O–H groups in total. The molecule has 1 saturated heterocycles. The maximum absolute atomic E-state index is 4.47. The fourth-order valence-electron chi connectivity index (χ4n) is 2.95. The smallest absolute Gasteiger partial charge is 0.163 e. The second kappa shape index (κ2) is 4.97. The fraction of sp³-hybridized carbons (Fsp3) is 0.429. The van der Waals surface area contributed by atoms with Crippen molar-refractivity contribution in [2.24, 2.45) is 14.1 Å². The summed E-state index contributed by atoms with van der Waals surface area (Å²) in [5.74, 6) is 0.976. The maximum Gasteiger partial charge on any atom is 0.163 e. The molecule has 3 aromatic heterocycles. The number of rotatable bonds is 2. The first kappa shape index (κ1) is 13.1. The Morgan fingerprint density at radius 3 is 2.41 bits per heavy atom. The van der Waals surface area contributed by atoms with E-state index < -0.39 is 0 Å². The van der Waals surface area contributed by atoms with Crippen LogP contribution in [-0.2, 0) is 14.1 Å². The minimum atomic E-state index is 0.875. The average molecular weight is 298 g/mol. The summed E-state index contributed by atoms with van der Waals surface area (Å²) in [6.45, 7) is 3.76. The van der Waals surface area contributed by atoms with Crippen LogP contribution in [0.4, 0.5) is 11.5 Å². The predicted octanol–water partition coefficient (Wildman–Crippen LogP) is 0.423. The Kier molecular flexibility index (Phi) is 2.95. The first-order valence-corrected chi connectivity index (χ1v) is 7.33. The topological polar surface area (TPSA) is 67.9 Å². The number of aromatic nitrogens is 6. The van der Waals surface area contributed by atoms with Gasteiger partial charge in [-0.25, -0.2) is 9.97 Å². The van der Waals surface area contributed by atoms with E-state index in [4.69, 9.17) is 0 Å². The quantitative estimate of drug-likeness (QED) is 0.683. The molecule has 0 aromatic carbocycles. The van der Waals surface area contributed by atoms with Crippen molar-refractivity contribution in [3.63, 3.8) is 0 Å². The van der Waals surface area contributed by atoms with E-state index in [1.165, 1.54) is 5.69 Å². The molecule has 0 spiro atoms. The molecule has 4 heterocycles. The molecule has 0 saturated carbocycles. The number of anilines is 2. The number of aryl methyl sites for hydroxylation is 2. The molecule has 114 valence electrons. The summed E-state index contributed by atoms with van der Waals surface area (Å²) in [6.07, 6.45) is 7.43. The second-order valence-corrected chi connectivity index (χ2v) is 5.55. The summed E-state index contributed by atoms with van der Waals surface area (Å²) >= 11 is 0. The van der Waals surface area contributed by atoms with Crippen LogP contribution in [0.2, 0.25) is 0 Å². The summed E-state index contributed by atoms with van der Waals surface area (Å²) in [4.78, 5) is 13.4. The van der Waals surface area contributed by atoms with E-state index >= 15 is 0 Å². The fourth-order valence-corrected chi connectivity index (χ4v) is 2.95. The minimum absolute atomic E-state index is 0.875. The number of hydrogen-bond donors (Lipinski definition) is 0. The zero-order valence-electron chi connectivity index (χ0n) is 12.7. The third-order valence-corrected chi connectivity index (χ3v) is 4.14. The van der Waals surface area contributed by atoms with Crippen LogP contribution in [-0.4, -0.2) is 55.7 Å². The molecule has 0 amide bonds. The van der Waals surface area contributed by atoms with Crippen LogP contribution in [0, 0.1) is 0 Å². The summed E-state index contributed by atoms with van der Waals surface area (Å²) < 4.78 is 3.62. The lowest BCUT2D eigenvalue weighted by Crippen LogP contribution is -2.46. The van der Waals surface area contributed by atoms with Crippen molar-refractivity contribution in [1.29, 1.82) is 0 Å². The van der Waals surface area contributed by atoms with Gasteiger partial charge in [0.2, 0.25) is 0 Å². The van der Waals surface area contributed by atoms with Gasteiger partial charge in [0, 0.05) is 46.5 Å². The van der Waals surface area contributed by atoms with Crippen molar-refractivity contribution in [2.45, 2.75) is 0 Å². The third kappa shape index (κ3) is 2.07. The summed E-state index contributed by atoms with van der Waals surface area (Å²) in [5.41, 5.74) is 2.05. The van der Waals surface area contributed by atoms with Gasteiger partial charge in [-0.15, -0.1) is 0 Å². The Labute approximate surface area is 128 Å². The Bertz CT molecular complexity index is 796. The Hall–Kier alpha value is -2.64. The lowest BCUT2D eigenvalue weighted by atomic mass is 10.2. The van der Waals surface area contributed by atoms with Gasteiger partial charge in [0.1, 0.15) is 12.1 Å². The van der Waals surface area contributed by atoms with Gasteiger partial charge in [0.05, 0.1) is 23.5 Å². The Balaban J connectivity index is 1.55. The summed E-state index contributed by atoms with van der Waals surface area (Å²) in [7, 11) is 3.85. The lowest BCUT2D eigenvalue weighted by molar-refractivity contribution is 0.648. The zero-order chi connectivity index (χ0) is 15.1. The number of hydrogen-bond acceptors (Lipinski definition) is 6. The van der Waals surface area contributed by atoms with Crippen molar-refractivity contribution in [1.82, 2.24) is 29.5 Å². The van der Waals surface area contributed by atoms with Gasteiger partial charge in [-0.05, 0) is 0 Å². The summed E-state index contributed by atoms with van der Waals surface area (Å²) in [5, 5.41) is 9.54. The lowest BCUT2D eigenvalue weighted by Gasteiger charge is -2.36. The first-order chi connectivity index (χ1) is 10.7. The molecule has 0 aliphatic carbocycles. The zero-order valence-corrected chi connectivity index (χ0v) is 12.7. The second-order valence-electron chi connectivity index (χ2n) is 5.55. The molecular weight excluding hydrogens is 280 g/mol. The van der Waals surface area contributed by atoms with E-state index in [1.807, 2.05) is 31.2 Å². The van der Waals surface area contributed by atoms with Crippen LogP contribution in [0.5, 0.6) is 0 Å². The molecule has 3 aromatic rings. The van der Waals surface area contributed by atoms with Crippen molar-refractivity contribution < 1.29 is 0 Å². The van der Waals surface area contributed by atoms with Gasteiger partial charge in [0.15, 0.2) is 5.65 Å². The SMILES string of the molecule is Cn1cc(N2CCN(c3ncnc4c3cnn4C)CC2)cn1. The van der Waals surface area contributed by atoms with E-state index in [9.17, 15) is 0 Å². The highest BCUT2D eigenvalue weighted by Crippen LogP contribution is 2.24. The van der Waals surface area contributed by atoms with Gasteiger partial charge in [-0.2, -0.15) is 10.2 Å². The number of piperazine rings is 1. The highest BCUT2D eigenvalue weighted by atomic mass is 15.3. The molecule has 0 atom stereocenters. The average Bonchev–Trinajstić information content (AvgIpc) is 3.14. The Morgan fingerprint density at radius 1 is 0.909 bits per heavy atom. The van der Waals surface area contributed by atoms with Crippen LogP contribution in [0.3, 0.4) is 0 Å². The molecular formula is C14H18N8. The highest BCUT2D eigenvalue weighted by molar-refractivity contribution is 5.86. The first-order valence-electron chi connectivity index (χ1n) is 7.33. The van der Waals surface area contributed by atoms with E-state index in [2.05, 4.69) is 36.2 Å². The molecule has 0 radical (unpaired) electrons. The van der Waals surface area contributed by atoms with E-state index in [0.29, 0.717) is 0 Å². The van der Waals surface area contributed by atoms with Crippen molar-refractivity contribution in [2.75, 3.05) is 36.0 Å². The van der Waals surface area contributed by atoms with Crippen molar-refractivity contribution in [3.05, 3.63) is 24.9 Å². The van der Waals surface area contributed by atoms with Crippen LogP contribution >= 0.6 is 0 Å². The molecule has 0 unspecified atom stereocenters. The molecule has 22 heavy (non-hydrogen) atoms. The molecule has 8 nitrogen and oxygen atoms in total. The standard InChI is InChI=1S/C14H18N8/c1-19-9-11(7-17-19)21-3-5-22(6-4-21)14-12-8-18-20(2)13(12)15-10-16-14/h7-10H,3-6H2,1-2H3. The molecule has 0 bridgehead atoms. The minimum Gasteiger partial charge on any atom is -0.365 e. The molecule has 1 fully saturated rings. The van der Waals surface area contributed by atoms with E-state index in [1.54, 1.807) is 11.0 Å². The van der Waals surface area contributed by atoms with Crippen LogP contribution in [0.1, 0.15) is 0 Å². The Morgan fingerprint density at radius 2 is 1.68 bits per heavy atom. The maximum atomic E-state index is 4.47. The van der Waals surface area contributed by atoms with Gasteiger partial charge in [-0.1, -0.05) is 0 Å². The van der Waals surface area contributed by atoms with E-state index in [0.717, 1.165) is 43.0 Å². The van der Waals surface area contributed by atoms with Crippen LogP contribution < -0.4 is 9.80 Å². The van der Waals surface area contributed by atoms with Gasteiger partial charge >= 0.3 is 0 Å². The van der Waals surface area contributed by atoms with Crippen LogP contribution in [0.25, 0.3) is 11.0 Å². The molecule has 4 rings (SSSR count). The third-order valence-electron chi connectivity index (χ3n) is 4.14. The van der Waals surface area contributed by atoms with Gasteiger partial charge < -0.3 is 9.80 Å². The predicted molar refractivity (Wildman–Crippen MR) is 83.9 cm³/mol. The van der Waals surface area contributed by atoms with Gasteiger partial charge in [-0.3, -0.25) is 9.36 Å². The van der Waals surface area contributed by atoms with Gasteiger partial charge in [0.25, 0.3) is 0 Å². The molecule has 1 aliphatic heterocycles. The van der Waals surface area contributed by atoms with E-state index in [-0.39, 0.29) is 0 Å². The molecule has 1 aliphatic rings. The summed E-state index contributed by atoms with van der Waals surface area (Å²) in [6, 6.07) is 0. The van der Waals surface area contributed by atoms with Crippen molar-refractivity contribution >= 4 is 22.5 Å². The monoisotopic (exact) mass is 298 g/mol. The van der Waals surface area contributed by atoms with Crippen molar-refractivity contribution in [3.8, 4) is 0 Å². The van der Waals surface area contributed by atoms with Crippen LogP contribution in [0.15, 0.2) is 24.9 Å². The highest BCUT2D eigenvalue weighted by Gasteiger charge is 2.21. The number of fused-ring (bicyclic) bond motifs is 1. The number of nitrogens with zero attached hydrogens (tertiary/aromatic N) is 8.